The van der Waals surface area contributed by atoms with Crippen molar-refractivity contribution in [2.45, 2.75) is 6.61 Å². The predicted molar refractivity (Wildman–Crippen MR) is 91.0 cm³/mol. The zero-order chi connectivity index (χ0) is 17.5. The standard InChI is InChI=1S/C17H15BrN2O4/c1-22-16-14(13(21)8-18)20-12(9-19)15(17(16)23-2)24-10-11-6-4-3-5-7-11/h3-7H,8,10H2,1-2H3. The van der Waals surface area contributed by atoms with Gasteiger partial charge in [0.15, 0.2) is 22.9 Å². The molecule has 24 heavy (non-hydrogen) atoms. The summed E-state index contributed by atoms with van der Waals surface area (Å²) in [5.74, 6) is 0.136. The first kappa shape index (κ1) is 17.8. The predicted octanol–water partition coefficient (Wildman–Crippen LogP) is 3.13. The van der Waals surface area contributed by atoms with E-state index in [1.165, 1.54) is 14.2 Å². The zero-order valence-electron chi connectivity index (χ0n) is 13.2. The number of carbonyl (C=O) groups is 1. The first-order valence-corrected chi connectivity index (χ1v) is 8.10. The molecule has 0 radical (unpaired) electrons. The number of nitriles is 1. The van der Waals surface area contributed by atoms with E-state index in [1.54, 1.807) is 0 Å². The molecule has 124 valence electrons. The van der Waals surface area contributed by atoms with Gasteiger partial charge >= 0.3 is 0 Å². The van der Waals surface area contributed by atoms with Crippen molar-refractivity contribution in [1.82, 2.24) is 4.98 Å². The molecular weight excluding hydrogens is 376 g/mol. The highest BCUT2D eigenvalue weighted by Gasteiger charge is 2.26. The molecule has 0 N–H and O–H groups in total. The van der Waals surface area contributed by atoms with Crippen molar-refractivity contribution in [3.8, 4) is 23.3 Å². The number of benzene rings is 1. The Labute approximate surface area is 148 Å². The number of ketones is 1. The minimum atomic E-state index is -0.323. The molecule has 1 heterocycles. The van der Waals surface area contributed by atoms with E-state index in [4.69, 9.17) is 14.2 Å². The highest BCUT2D eigenvalue weighted by Crippen LogP contribution is 2.41. The summed E-state index contributed by atoms with van der Waals surface area (Å²) in [6, 6.07) is 11.4. The Balaban J connectivity index is 2.49. The fraction of sp³-hybridized carbons (Fsp3) is 0.235. The molecule has 0 fully saturated rings. The van der Waals surface area contributed by atoms with Gasteiger partial charge in [0.2, 0.25) is 11.5 Å². The van der Waals surface area contributed by atoms with Gasteiger partial charge in [-0.1, -0.05) is 46.3 Å². The van der Waals surface area contributed by atoms with Gasteiger partial charge in [-0.25, -0.2) is 4.98 Å². The molecule has 0 aliphatic carbocycles. The number of pyridine rings is 1. The van der Waals surface area contributed by atoms with Crippen LogP contribution in [0.15, 0.2) is 30.3 Å². The lowest BCUT2D eigenvalue weighted by atomic mass is 10.2. The highest BCUT2D eigenvalue weighted by atomic mass is 79.9. The highest BCUT2D eigenvalue weighted by molar-refractivity contribution is 9.09. The summed E-state index contributed by atoms with van der Waals surface area (Å²) in [7, 11) is 2.81. The van der Waals surface area contributed by atoms with Crippen molar-refractivity contribution in [3.05, 3.63) is 47.3 Å². The van der Waals surface area contributed by atoms with E-state index in [2.05, 4.69) is 20.9 Å². The van der Waals surface area contributed by atoms with Crippen LogP contribution in [-0.2, 0) is 6.61 Å². The average Bonchev–Trinajstić information content (AvgIpc) is 2.64. The molecule has 0 aliphatic rings. The lowest BCUT2D eigenvalue weighted by molar-refractivity contribution is 0.101. The SMILES string of the molecule is COc1c(C(=O)CBr)nc(C#N)c(OCc2ccccc2)c1OC. The second kappa shape index (κ2) is 8.31. The summed E-state index contributed by atoms with van der Waals surface area (Å²) in [5.41, 5.74) is 0.908. The van der Waals surface area contributed by atoms with Crippen molar-refractivity contribution in [2.24, 2.45) is 0 Å². The molecule has 0 saturated heterocycles. The summed E-state index contributed by atoms with van der Waals surface area (Å²) in [4.78, 5) is 16.1. The van der Waals surface area contributed by atoms with Gasteiger partial charge in [-0.05, 0) is 5.56 Å². The number of aromatic nitrogens is 1. The van der Waals surface area contributed by atoms with Crippen molar-refractivity contribution in [3.63, 3.8) is 0 Å². The van der Waals surface area contributed by atoms with Crippen LogP contribution >= 0.6 is 15.9 Å². The van der Waals surface area contributed by atoms with Crippen molar-refractivity contribution in [2.75, 3.05) is 19.5 Å². The molecule has 0 saturated carbocycles. The number of nitrogens with zero attached hydrogens (tertiary/aromatic N) is 2. The van der Waals surface area contributed by atoms with Crippen LogP contribution in [0.3, 0.4) is 0 Å². The van der Waals surface area contributed by atoms with E-state index < -0.39 is 0 Å². The first-order valence-electron chi connectivity index (χ1n) is 6.98. The number of alkyl halides is 1. The molecule has 2 rings (SSSR count). The van der Waals surface area contributed by atoms with Crippen LogP contribution in [0.1, 0.15) is 21.7 Å². The molecule has 0 unspecified atom stereocenters. The Morgan fingerprint density at radius 3 is 2.38 bits per heavy atom. The average molecular weight is 391 g/mol. The molecule has 0 bridgehead atoms. The number of carbonyl (C=O) groups excluding carboxylic acids is 1. The fourth-order valence-electron chi connectivity index (χ4n) is 2.10. The van der Waals surface area contributed by atoms with Crippen LogP contribution in [0, 0.1) is 11.3 Å². The Hall–Kier alpha value is -2.59. The van der Waals surface area contributed by atoms with Gasteiger partial charge in [0.05, 0.1) is 19.5 Å². The summed E-state index contributed by atoms with van der Waals surface area (Å²) < 4.78 is 16.3. The molecule has 1 aromatic carbocycles. The second-order valence-electron chi connectivity index (χ2n) is 4.65. The van der Waals surface area contributed by atoms with Crippen LogP contribution in [0.2, 0.25) is 0 Å². The van der Waals surface area contributed by atoms with Gasteiger partial charge in [0, 0.05) is 0 Å². The minimum Gasteiger partial charge on any atom is -0.491 e. The summed E-state index contributed by atoms with van der Waals surface area (Å²) in [5, 5.41) is 9.42. The monoisotopic (exact) mass is 390 g/mol. The van der Waals surface area contributed by atoms with Crippen LogP contribution in [0.25, 0.3) is 0 Å². The maximum absolute atomic E-state index is 12.0. The van der Waals surface area contributed by atoms with Crippen molar-refractivity contribution in [1.29, 1.82) is 5.26 Å². The van der Waals surface area contributed by atoms with Gasteiger partial charge in [-0.15, -0.1) is 0 Å². The number of hydrogen-bond acceptors (Lipinski definition) is 6. The molecule has 0 atom stereocenters. The number of ether oxygens (including phenoxy) is 3. The maximum atomic E-state index is 12.0. The van der Waals surface area contributed by atoms with Crippen molar-refractivity contribution < 1.29 is 19.0 Å². The Bertz CT molecular complexity index is 772. The summed E-state index contributed by atoms with van der Waals surface area (Å²) >= 11 is 3.09. The zero-order valence-corrected chi connectivity index (χ0v) is 14.8. The third kappa shape index (κ3) is 3.66. The van der Waals surface area contributed by atoms with Gasteiger partial charge < -0.3 is 14.2 Å². The minimum absolute atomic E-state index is 0.0230. The Morgan fingerprint density at radius 1 is 1.17 bits per heavy atom. The smallest absolute Gasteiger partial charge is 0.208 e. The molecule has 1 aromatic heterocycles. The fourth-order valence-corrected chi connectivity index (χ4v) is 2.36. The first-order chi connectivity index (χ1) is 11.7. The number of hydrogen-bond donors (Lipinski definition) is 0. The third-order valence-corrected chi connectivity index (χ3v) is 3.70. The van der Waals surface area contributed by atoms with Crippen LogP contribution in [0.5, 0.6) is 17.2 Å². The number of rotatable bonds is 7. The summed E-state index contributed by atoms with van der Waals surface area (Å²) in [6.45, 7) is 0.225. The maximum Gasteiger partial charge on any atom is 0.208 e. The van der Waals surface area contributed by atoms with Gasteiger partial charge in [0.25, 0.3) is 0 Å². The normalized spacial score (nSPS) is 9.92. The van der Waals surface area contributed by atoms with E-state index >= 15 is 0 Å². The van der Waals surface area contributed by atoms with Crippen LogP contribution in [0.4, 0.5) is 0 Å². The Morgan fingerprint density at radius 2 is 1.83 bits per heavy atom. The van der Waals surface area contributed by atoms with E-state index in [-0.39, 0.29) is 46.4 Å². The number of Topliss-reactive ketones (excluding diaryl/α,β-unsaturated/α-hetero) is 1. The lowest BCUT2D eigenvalue weighted by Gasteiger charge is -2.16. The Kier molecular flexibility index (Phi) is 6.15. The third-order valence-electron chi connectivity index (χ3n) is 3.19. The summed E-state index contributed by atoms with van der Waals surface area (Å²) in [6.07, 6.45) is 0. The molecule has 7 heteroatoms. The largest absolute Gasteiger partial charge is 0.491 e. The van der Waals surface area contributed by atoms with Crippen LogP contribution < -0.4 is 14.2 Å². The van der Waals surface area contributed by atoms with E-state index in [9.17, 15) is 10.1 Å². The molecule has 2 aromatic rings. The van der Waals surface area contributed by atoms with E-state index in [1.807, 2.05) is 36.4 Å². The molecular formula is C17H15BrN2O4. The lowest BCUT2D eigenvalue weighted by Crippen LogP contribution is -2.11. The van der Waals surface area contributed by atoms with Crippen LogP contribution in [-0.4, -0.2) is 30.3 Å². The topological polar surface area (TPSA) is 81.4 Å². The van der Waals surface area contributed by atoms with E-state index in [0.29, 0.717) is 0 Å². The second-order valence-corrected chi connectivity index (χ2v) is 5.21. The van der Waals surface area contributed by atoms with Gasteiger partial charge in [0.1, 0.15) is 12.7 Å². The molecule has 0 spiro atoms. The number of methoxy groups -OCH3 is 2. The molecule has 0 amide bonds. The van der Waals surface area contributed by atoms with Gasteiger partial charge in [-0.3, -0.25) is 4.79 Å². The van der Waals surface area contributed by atoms with E-state index in [0.717, 1.165) is 5.56 Å². The van der Waals surface area contributed by atoms with Gasteiger partial charge in [-0.2, -0.15) is 5.26 Å². The molecule has 0 aliphatic heterocycles. The quantitative estimate of drug-likeness (QED) is 0.533. The molecule has 6 nitrogen and oxygen atoms in total. The van der Waals surface area contributed by atoms with Crippen molar-refractivity contribution >= 4 is 21.7 Å². The number of halogens is 1.